The van der Waals surface area contributed by atoms with Gasteiger partial charge in [0.25, 0.3) is 0 Å². The van der Waals surface area contributed by atoms with Crippen LogP contribution in [0.1, 0.15) is 12.3 Å². The number of fused-ring (bicyclic) bond motifs is 1. The highest BCUT2D eigenvalue weighted by atomic mass is 35.5. The number of hydrogen-bond donors (Lipinski definition) is 0. The molecule has 1 heterocycles. The average molecular weight is 312 g/mol. The molecule has 1 aromatic heterocycles. The Bertz CT molecular complexity index is 645. The van der Waals surface area contributed by atoms with Crippen LogP contribution in [0.4, 0.5) is 0 Å². The number of alkyl halides is 2. The summed E-state index contributed by atoms with van der Waals surface area (Å²) in [6, 6.07) is 7.37. The Labute approximate surface area is 125 Å². The number of carbonyl (C=O) groups is 1. The number of para-hydroxylation sites is 2. The number of benzene rings is 1. The number of aromatic nitrogens is 1. The van der Waals surface area contributed by atoms with Crippen molar-refractivity contribution in [2.75, 3.05) is 6.61 Å². The third-order valence-corrected chi connectivity index (χ3v) is 3.98. The number of esters is 1. The van der Waals surface area contributed by atoms with E-state index in [4.69, 9.17) is 32.4 Å². The van der Waals surface area contributed by atoms with E-state index < -0.39 is 10.3 Å². The van der Waals surface area contributed by atoms with Gasteiger partial charge in [-0.1, -0.05) is 12.1 Å². The van der Waals surface area contributed by atoms with Crippen molar-refractivity contribution in [2.45, 2.75) is 10.8 Å². The van der Waals surface area contributed by atoms with Gasteiger partial charge in [0.15, 0.2) is 5.58 Å². The standard InChI is InChI=1S/C14H11Cl2NO3/c15-14(16)7-9(14)8-19-13(18)6-5-12-17-10-3-1-2-4-11(10)20-12/h1-6,9H,7-8H2/b6-5+. The third kappa shape index (κ3) is 2.97. The highest BCUT2D eigenvalue weighted by Gasteiger charge is 2.52. The molecule has 1 saturated carbocycles. The molecule has 4 nitrogen and oxygen atoms in total. The van der Waals surface area contributed by atoms with E-state index in [1.54, 1.807) is 0 Å². The molecule has 0 N–H and O–H groups in total. The van der Waals surface area contributed by atoms with Crippen LogP contribution in [0.3, 0.4) is 0 Å². The monoisotopic (exact) mass is 311 g/mol. The minimum Gasteiger partial charge on any atom is -0.462 e. The summed E-state index contributed by atoms with van der Waals surface area (Å²) in [4.78, 5) is 15.7. The second-order valence-corrected chi connectivity index (χ2v) is 6.19. The van der Waals surface area contributed by atoms with E-state index in [0.29, 0.717) is 17.9 Å². The molecule has 0 saturated heterocycles. The first kappa shape index (κ1) is 13.5. The van der Waals surface area contributed by atoms with Crippen molar-refractivity contribution in [1.29, 1.82) is 0 Å². The van der Waals surface area contributed by atoms with Crippen molar-refractivity contribution in [3.8, 4) is 0 Å². The van der Waals surface area contributed by atoms with Gasteiger partial charge in [-0.15, -0.1) is 23.2 Å². The predicted molar refractivity (Wildman–Crippen MR) is 76.5 cm³/mol. The molecule has 1 aliphatic rings. The zero-order chi connectivity index (χ0) is 14.2. The van der Waals surface area contributed by atoms with E-state index in [9.17, 15) is 4.79 Å². The summed E-state index contributed by atoms with van der Waals surface area (Å²) in [7, 11) is 0. The third-order valence-electron chi connectivity index (χ3n) is 3.05. The number of oxazole rings is 1. The Hall–Kier alpha value is -1.52. The minimum absolute atomic E-state index is 0.0208. The Kier molecular flexibility index (Phi) is 3.44. The maximum atomic E-state index is 11.5. The molecule has 0 bridgehead atoms. The van der Waals surface area contributed by atoms with Crippen LogP contribution >= 0.6 is 23.2 Å². The molecular weight excluding hydrogens is 301 g/mol. The van der Waals surface area contributed by atoms with Crippen molar-refractivity contribution in [3.63, 3.8) is 0 Å². The molecular formula is C14H11Cl2NO3. The second-order valence-electron chi connectivity index (χ2n) is 4.65. The lowest BCUT2D eigenvalue weighted by molar-refractivity contribution is -0.138. The molecule has 6 heteroatoms. The van der Waals surface area contributed by atoms with Crippen LogP contribution < -0.4 is 0 Å². The van der Waals surface area contributed by atoms with Crippen LogP contribution in [0.2, 0.25) is 0 Å². The average Bonchev–Trinajstić information content (AvgIpc) is 2.86. The van der Waals surface area contributed by atoms with Crippen LogP contribution in [-0.4, -0.2) is 21.9 Å². The van der Waals surface area contributed by atoms with Gasteiger partial charge in [0.05, 0.1) is 6.61 Å². The summed E-state index contributed by atoms with van der Waals surface area (Å²) in [6.07, 6.45) is 3.40. The molecule has 1 fully saturated rings. The molecule has 0 amide bonds. The van der Waals surface area contributed by atoms with Gasteiger partial charge in [-0.25, -0.2) is 9.78 Å². The van der Waals surface area contributed by atoms with E-state index in [1.165, 1.54) is 12.2 Å². The van der Waals surface area contributed by atoms with E-state index >= 15 is 0 Å². The van der Waals surface area contributed by atoms with Crippen LogP contribution in [0.5, 0.6) is 0 Å². The molecule has 0 radical (unpaired) electrons. The molecule has 104 valence electrons. The first-order valence-electron chi connectivity index (χ1n) is 6.13. The Balaban J connectivity index is 1.57. The molecule has 3 rings (SSSR count). The fourth-order valence-corrected chi connectivity index (χ4v) is 2.28. The summed E-state index contributed by atoms with van der Waals surface area (Å²) in [5.41, 5.74) is 1.42. The normalized spacial score (nSPS) is 20.4. The Morgan fingerprint density at radius 1 is 1.50 bits per heavy atom. The van der Waals surface area contributed by atoms with E-state index in [2.05, 4.69) is 4.98 Å². The molecule has 1 aliphatic carbocycles. The lowest BCUT2D eigenvalue weighted by Gasteiger charge is -2.00. The van der Waals surface area contributed by atoms with Gasteiger partial charge in [-0.2, -0.15) is 0 Å². The number of halogens is 2. The van der Waals surface area contributed by atoms with Crippen molar-refractivity contribution < 1.29 is 13.9 Å². The quantitative estimate of drug-likeness (QED) is 0.492. The van der Waals surface area contributed by atoms with Crippen molar-refractivity contribution >= 4 is 46.3 Å². The first-order valence-corrected chi connectivity index (χ1v) is 6.88. The first-order chi connectivity index (χ1) is 9.54. The summed E-state index contributed by atoms with van der Waals surface area (Å²) in [6.45, 7) is 0.226. The molecule has 1 unspecified atom stereocenters. The highest BCUT2D eigenvalue weighted by Crippen LogP contribution is 2.53. The number of ether oxygens (including phenoxy) is 1. The lowest BCUT2D eigenvalue weighted by Crippen LogP contribution is -2.06. The SMILES string of the molecule is O=C(/C=C/c1nc2ccccc2o1)OCC1CC1(Cl)Cl. The summed E-state index contributed by atoms with van der Waals surface area (Å²) in [5, 5.41) is 0. The second kappa shape index (κ2) is 5.11. The Morgan fingerprint density at radius 2 is 2.25 bits per heavy atom. The maximum Gasteiger partial charge on any atom is 0.330 e. The van der Waals surface area contributed by atoms with Gasteiger partial charge >= 0.3 is 5.97 Å². The van der Waals surface area contributed by atoms with E-state index in [-0.39, 0.29) is 12.5 Å². The number of carbonyl (C=O) groups excluding carboxylic acids is 1. The summed E-state index contributed by atoms with van der Waals surface area (Å²) in [5.74, 6) is -0.0885. The molecule has 1 aromatic carbocycles. The fraction of sp³-hybridized carbons (Fsp3) is 0.286. The molecule has 1 atom stereocenters. The number of rotatable bonds is 4. The molecule has 0 aliphatic heterocycles. The lowest BCUT2D eigenvalue weighted by atomic mass is 10.3. The van der Waals surface area contributed by atoms with Crippen LogP contribution in [0, 0.1) is 5.92 Å². The molecule has 20 heavy (non-hydrogen) atoms. The molecule has 0 spiro atoms. The zero-order valence-corrected chi connectivity index (χ0v) is 11.9. The van der Waals surface area contributed by atoms with E-state index in [0.717, 1.165) is 5.52 Å². The molecule has 2 aromatic rings. The van der Waals surface area contributed by atoms with Gasteiger partial charge in [-0.05, 0) is 18.6 Å². The van der Waals surface area contributed by atoms with Crippen molar-refractivity contribution in [2.24, 2.45) is 5.92 Å². The van der Waals surface area contributed by atoms with Crippen molar-refractivity contribution in [3.05, 3.63) is 36.2 Å². The van der Waals surface area contributed by atoms with Gasteiger partial charge in [0.2, 0.25) is 5.89 Å². The van der Waals surface area contributed by atoms with E-state index in [1.807, 2.05) is 24.3 Å². The fourth-order valence-electron chi connectivity index (χ4n) is 1.78. The Morgan fingerprint density at radius 3 is 2.95 bits per heavy atom. The number of hydrogen-bond acceptors (Lipinski definition) is 4. The van der Waals surface area contributed by atoms with Gasteiger partial charge in [0, 0.05) is 18.1 Å². The van der Waals surface area contributed by atoms with Crippen LogP contribution in [0.15, 0.2) is 34.8 Å². The topological polar surface area (TPSA) is 52.3 Å². The number of nitrogens with zero attached hydrogens (tertiary/aromatic N) is 1. The predicted octanol–water partition coefficient (Wildman–Crippen LogP) is 3.58. The summed E-state index contributed by atoms with van der Waals surface area (Å²) >= 11 is 11.7. The smallest absolute Gasteiger partial charge is 0.330 e. The maximum absolute atomic E-state index is 11.5. The van der Waals surface area contributed by atoms with Crippen LogP contribution in [0.25, 0.3) is 17.2 Å². The van der Waals surface area contributed by atoms with Gasteiger partial charge < -0.3 is 9.15 Å². The minimum atomic E-state index is -0.732. The van der Waals surface area contributed by atoms with Gasteiger partial charge in [-0.3, -0.25) is 0 Å². The van der Waals surface area contributed by atoms with Gasteiger partial charge in [0.1, 0.15) is 9.85 Å². The highest BCUT2D eigenvalue weighted by molar-refractivity contribution is 6.50. The largest absolute Gasteiger partial charge is 0.462 e. The van der Waals surface area contributed by atoms with Crippen molar-refractivity contribution in [1.82, 2.24) is 4.98 Å². The zero-order valence-electron chi connectivity index (χ0n) is 10.4. The summed E-state index contributed by atoms with van der Waals surface area (Å²) < 4.78 is 9.74. The van der Waals surface area contributed by atoms with Crippen LogP contribution in [-0.2, 0) is 9.53 Å².